The second-order valence-corrected chi connectivity index (χ2v) is 5.54. The Labute approximate surface area is 123 Å². The summed E-state index contributed by atoms with van der Waals surface area (Å²) in [4.78, 5) is 4.58. The first kappa shape index (κ1) is 16.8. The molecule has 4 heteroatoms. The van der Waals surface area contributed by atoms with Crippen LogP contribution in [0.5, 0.6) is 11.5 Å². The molecule has 0 radical (unpaired) electrons. The Morgan fingerprint density at radius 2 is 1.90 bits per heavy atom. The second-order valence-electron chi connectivity index (χ2n) is 5.54. The third kappa shape index (κ3) is 4.12. The van der Waals surface area contributed by atoms with Crippen LogP contribution in [-0.4, -0.2) is 55.2 Å². The first-order valence-corrected chi connectivity index (χ1v) is 7.18. The molecule has 1 rings (SSSR count). The molecule has 0 heterocycles. The van der Waals surface area contributed by atoms with Gasteiger partial charge in [-0.05, 0) is 40.6 Å². The third-order valence-electron chi connectivity index (χ3n) is 3.75. The van der Waals surface area contributed by atoms with E-state index in [0.717, 1.165) is 18.7 Å². The van der Waals surface area contributed by atoms with Gasteiger partial charge in [-0.2, -0.15) is 0 Å². The van der Waals surface area contributed by atoms with Gasteiger partial charge in [-0.1, -0.05) is 13.0 Å². The number of hydrogen-bond acceptors (Lipinski definition) is 4. The van der Waals surface area contributed by atoms with Gasteiger partial charge < -0.3 is 14.7 Å². The van der Waals surface area contributed by atoms with Crippen LogP contribution in [0, 0.1) is 0 Å². The average Bonchev–Trinajstić information content (AvgIpc) is 2.38. The van der Waals surface area contributed by atoms with Crippen LogP contribution < -0.4 is 4.74 Å². The predicted molar refractivity (Wildman–Crippen MR) is 83.5 cm³/mol. The molecule has 2 unspecified atom stereocenters. The summed E-state index contributed by atoms with van der Waals surface area (Å²) >= 11 is 0. The van der Waals surface area contributed by atoms with Gasteiger partial charge in [0.25, 0.3) is 0 Å². The van der Waals surface area contributed by atoms with E-state index < -0.39 is 0 Å². The number of phenolic OH excluding ortho intramolecular Hbond substituents is 1. The fraction of sp³-hybridized carbons (Fsp3) is 0.625. The highest BCUT2D eigenvalue weighted by atomic mass is 16.5. The number of benzene rings is 1. The van der Waals surface area contributed by atoms with Crippen LogP contribution in [0.3, 0.4) is 0 Å². The molecule has 0 amide bonds. The lowest BCUT2D eigenvalue weighted by Gasteiger charge is -2.35. The number of phenols is 1. The van der Waals surface area contributed by atoms with Gasteiger partial charge in [0.1, 0.15) is 11.5 Å². The van der Waals surface area contributed by atoms with Crippen LogP contribution in [0.1, 0.15) is 32.4 Å². The molecule has 2 atom stereocenters. The number of likely N-dealkylation sites (N-methyl/N-ethyl adjacent to an activating group) is 2. The van der Waals surface area contributed by atoms with Gasteiger partial charge in [-0.25, -0.2) is 0 Å². The normalized spacial score (nSPS) is 14.6. The van der Waals surface area contributed by atoms with Crippen molar-refractivity contribution in [3.63, 3.8) is 0 Å². The molecule has 114 valence electrons. The van der Waals surface area contributed by atoms with Crippen LogP contribution in [0.2, 0.25) is 0 Å². The lowest BCUT2D eigenvalue weighted by molar-refractivity contribution is 0.135. The Morgan fingerprint density at radius 1 is 1.25 bits per heavy atom. The molecular weight excluding hydrogens is 252 g/mol. The summed E-state index contributed by atoms with van der Waals surface area (Å²) in [6.45, 7) is 8.46. The maximum absolute atomic E-state index is 10.2. The zero-order valence-corrected chi connectivity index (χ0v) is 13.6. The third-order valence-corrected chi connectivity index (χ3v) is 3.75. The molecule has 0 spiro atoms. The van der Waals surface area contributed by atoms with E-state index in [2.05, 4.69) is 44.7 Å². The zero-order valence-electron chi connectivity index (χ0n) is 13.6. The Bertz CT molecular complexity index is 421. The van der Waals surface area contributed by atoms with E-state index in [1.54, 1.807) is 13.2 Å². The summed E-state index contributed by atoms with van der Waals surface area (Å²) in [6, 6.07) is 6.11. The molecule has 0 saturated carbocycles. The fourth-order valence-corrected chi connectivity index (χ4v) is 2.78. The molecule has 0 aromatic heterocycles. The van der Waals surface area contributed by atoms with Crippen LogP contribution in [0.15, 0.2) is 18.2 Å². The van der Waals surface area contributed by atoms with Crippen molar-refractivity contribution >= 4 is 0 Å². The van der Waals surface area contributed by atoms with E-state index in [-0.39, 0.29) is 6.04 Å². The van der Waals surface area contributed by atoms with Crippen LogP contribution in [-0.2, 0) is 0 Å². The Kier molecular flexibility index (Phi) is 6.30. The number of nitrogens with zero attached hydrogens (tertiary/aromatic N) is 2. The van der Waals surface area contributed by atoms with Crippen molar-refractivity contribution in [2.75, 3.05) is 34.3 Å². The summed E-state index contributed by atoms with van der Waals surface area (Å²) in [6.07, 6.45) is 0. The minimum absolute atomic E-state index is 0.167. The topological polar surface area (TPSA) is 35.9 Å². The minimum atomic E-state index is 0.167. The maximum Gasteiger partial charge on any atom is 0.124 e. The first-order chi connectivity index (χ1) is 9.40. The highest BCUT2D eigenvalue weighted by Crippen LogP contribution is 2.32. The smallest absolute Gasteiger partial charge is 0.124 e. The first-order valence-electron chi connectivity index (χ1n) is 7.18. The van der Waals surface area contributed by atoms with Gasteiger partial charge in [0, 0.05) is 30.3 Å². The van der Waals surface area contributed by atoms with Crippen molar-refractivity contribution in [1.82, 2.24) is 9.80 Å². The lowest BCUT2D eigenvalue weighted by Crippen LogP contribution is -2.41. The van der Waals surface area contributed by atoms with Crippen molar-refractivity contribution < 1.29 is 9.84 Å². The fourth-order valence-electron chi connectivity index (χ4n) is 2.78. The maximum atomic E-state index is 10.2. The molecule has 0 aliphatic heterocycles. The SMILES string of the molecule is CCN(C(C)CN(C)C)C(C)c1ccc(OC)cc1O. The quantitative estimate of drug-likeness (QED) is 0.833. The number of hydrogen-bond donors (Lipinski definition) is 1. The molecule has 0 aliphatic carbocycles. The van der Waals surface area contributed by atoms with E-state index in [0.29, 0.717) is 17.5 Å². The monoisotopic (exact) mass is 280 g/mol. The summed E-state index contributed by atoms with van der Waals surface area (Å²) < 4.78 is 5.14. The van der Waals surface area contributed by atoms with Gasteiger partial charge in [0.05, 0.1) is 7.11 Å². The average molecular weight is 280 g/mol. The van der Waals surface area contributed by atoms with Crippen molar-refractivity contribution in [3.05, 3.63) is 23.8 Å². The van der Waals surface area contributed by atoms with Gasteiger partial charge in [-0.3, -0.25) is 4.90 Å². The molecule has 0 saturated heterocycles. The highest BCUT2D eigenvalue weighted by molar-refractivity contribution is 5.41. The molecule has 1 aromatic carbocycles. The molecule has 4 nitrogen and oxygen atoms in total. The predicted octanol–water partition coefficient (Wildman–Crippen LogP) is 2.73. The summed E-state index contributed by atoms with van der Waals surface area (Å²) in [7, 11) is 5.77. The van der Waals surface area contributed by atoms with Crippen LogP contribution >= 0.6 is 0 Å². The number of rotatable bonds is 7. The van der Waals surface area contributed by atoms with Crippen molar-refractivity contribution in [2.24, 2.45) is 0 Å². The molecule has 1 N–H and O–H groups in total. The number of methoxy groups -OCH3 is 1. The van der Waals surface area contributed by atoms with Crippen molar-refractivity contribution in [2.45, 2.75) is 32.9 Å². The molecule has 0 fully saturated rings. The Balaban J connectivity index is 2.93. The van der Waals surface area contributed by atoms with Gasteiger partial charge in [0.2, 0.25) is 0 Å². The van der Waals surface area contributed by atoms with Crippen LogP contribution in [0.4, 0.5) is 0 Å². The van der Waals surface area contributed by atoms with Gasteiger partial charge in [0.15, 0.2) is 0 Å². The highest BCUT2D eigenvalue weighted by Gasteiger charge is 2.22. The standard InChI is InChI=1S/C16H28N2O2/c1-7-18(12(2)11-17(4)5)13(3)15-9-8-14(20-6)10-16(15)19/h8-10,12-13,19H,7,11H2,1-6H3. The number of aromatic hydroxyl groups is 1. The Hall–Kier alpha value is -1.26. The molecule has 1 aromatic rings. The Morgan fingerprint density at radius 3 is 2.35 bits per heavy atom. The van der Waals surface area contributed by atoms with Crippen LogP contribution in [0.25, 0.3) is 0 Å². The lowest BCUT2D eigenvalue weighted by atomic mass is 10.0. The van der Waals surface area contributed by atoms with E-state index in [1.165, 1.54) is 0 Å². The molecule has 0 bridgehead atoms. The van der Waals surface area contributed by atoms with E-state index >= 15 is 0 Å². The van der Waals surface area contributed by atoms with E-state index in [9.17, 15) is 5.11 Å². The van der Waals surface area contributed by atoms with Crippen molar-refractivity contribution in [1.29, 1.82) is 0 Å². The molecular formula is C16H28N2O2. The number of ether oxygens (including phenoxy) is 1. The summed E-state index contributed by atoms with van der Waals surface area (Å²) in [5.41, 5.74) is 0.943. The van der Waals surface area contributed by atoms with Gasteiger partial charge >= 0.3 is 0 Å². The molecule has 20 heavy (non-hydrogen) atoms. The summed E-state index contributed by atoms with van der Waals surface area (Å²) in [5.74, 6) is 0.982. The second kappa shape index (κ2) is 7.50. The molecule has 0 aliphatic rings. The van der Waals surface area contributed by atoms with E-state index in [4.69, 9.17) is 4.74 Å². The summed E-state index contributed by atoms with van der Waals surface area (Å²) in [5, 5.41) is 10.2. The largest absolute Gasteiger partial charge is 0.507 e. The van der Waals surface area contributed by atoms with Gasteiger partial charge in [-0.15, -0.1) is 0 Å². The van der Waals surface area contributed by atoms with E-state index in [1.807, 2.05) is 12.1 Å². The zero-order chi connectivity index (χ0) is 15.3. The minimum Gasteiger partial charge on any atom is -0.507 e. The van der Waals surface area contributed by atoms with Crippen molar-refractivity contribution in [3.8, 4) is 11.5 Å².